The maximum absolute atomic E-state index is 13.3. The SMILES string of the molecule is CCN(CC)c1sc(C(OC)c2ccccc2)cc1C(=O)c1ccc(Br)cc1. The molecule has 3 aromatic rings. The zero-order valence-electron chi connectivity index (χ0n) is 16.3. The standard InChI is InChI=1S/C23H24BrNO2S/c1-4-25(5-2)23-19(21(26)16-11-13-18(24)14-12-16)15-20(28-23)22(27-3)17-9-7-6-8-10-17/h6-15,22H,4-5H2,1-3H3. The van der Waals surface area contributed by atoms with Gasteiger partial charge in [0.05, 0.1) is 5.56 Å². The molecule has 28 heavy (non-hydrogen) atoms. The smallest absolute Gasteiger partial charge is 0.196 e. The lowest BCUT2D eigenvalue weighted by atomic mass is 10.0. The van der Waals surface area contributed by atoms with Crippen molar-refractivity contribution in [2.24, 2.45) is 0 Å². The van der Waals surface area contributed by atoms with Gasteiger partial charge in [-0.15, -0.1) is 11.3 Å². The minimum Gasteiger partial charge on any atom is -0.371 e. The molecule has 1 atom stereocenters. The Morgan fingerprint density at radius 2 is 1.71 bits per heavy atom. The highest BCUT2D eigenvalue weighted by molar-refractivity contribution is 9.10. The number of nitrogens with zero attached hydrogens (tertiary/aromatic N) is 1. The van der Waals surface area contributed by atoms with E-state index in [0.29, 0.717) is 5.56 Å². The lowest BCUT2D eigenvalue weighted by Gasteiger charge is -2.20. The number of benzene rings is 2. The minimum atomic E-state index is -0.188. The van der Waals surface area contributed by atoms with Crippen LogP contribution in [0.15, 0.2) is 65.1 Å². The first-order valence-electron chi connectivity index (χ1n) is 9.35. The molecule has 1 heterocycles. The first kappa shape index (κ1) is 20.8. The van der Waals surface area contributed by atoms with E-state index in [9.17, 15) is 4.79 Å². The molecule has 3 nitrogen and oxygen atoms in total. The Kier molecular flexibility index (Phi) is 7.05. The highest BCUT2D eigenvalue weighted by atomic mass is 79.9. The lowest BCUT2D eigenvalue weighted by Crippen LogP contribution is -2.22. The van der Waals surface area contributed by atoms with Crippen molar-refractivity contribution in [1.82, 2.24) is 0 Å². The van der Waals surface area contributed by atoms with Gasteiger partial charge in [0.2, 0.25) is 0 Å². The molecule has 2 aromatic carbocycles. The Labute approximate surface area is 179 Å². The first-order valence-corrected chi connectivity index (χ1v) is 11.0. The molecule has 0 amide bonds. The number of ether oxygens (including phenoxy) is 1. The summed E-state index contributed by atoms with van der Waals surface area (Å²) < 4.78 is 6.77. The van der Waals surface area contributed by atoms with E-state index in [-0.39, 0.29) is 11.9 Å². The van der Waals surface area contributed by atoms with Crippen LogP contribution in [0.2, 0.25) is 0 Å². The van der Waals surface area contributed by atoms with Crippen LogP contribution in [0.4, 0.5) is 5.00 Å². The lowest BCUT2D eigenvalue weighted by molar-refractivity contribution is 0.103. The van der Waals surface area contributed by atoms with E-state index >= 15 is 0 Å². The Morgan fingerprint density at radius 3 is 2.29 bits per heavy atom. The van der Waals surface area contributed by atoms with E-state index in [1.807, 2.05) is 48.5 Å². The molecule has 0 aliphatic carbocycles. The number of carbonyl (C=O) groups is 1. The van der Waals surface area contributed by atoms with Crippen molar-refractivity contribution in [2.75, 3.05) is 25.1 Å². The molecule has 1 aromatic heterocycles. The van der Waals surface area contributed by atoms with E-state index in [1.165, 1.54) is 0 Å². The molecule has 0 fully saturated rings. The van der Waals surface area contributed by atoms with Gasteiger partial charge in [-0.1, -0.05) is 46.3 Å². The summed E-state index contributed by atoms with van der Waals surface area (Å²) in [5.41, 5.74) is 2.51. The zero-order valence-corrected chi connectivity index (χ0v) is 18.7. The van der Waals surface area contributed by atoms with Crippen molar-refractivity contribution in [3.8, 4) is 0 Å². The van der Waals surface area contributed by atoms with Crippen LogP contribution in [0.1, 0.15) is 46.3 Å². The number of anilines is 1. The normalized spacial score (nSPS) is 12.0. The largest absolute Gasteiger partial charge is 0.371 e. The monoisotopic (exact) mass is 457 g/mol. The fourth-order valence-electron chi connectivity index (χ4n) is 3.24. The van der Waals surface area contributed by atoms with Crippen molar-refractivity contribution >= 4 is 38.1 Å². The van der Waals surface area contributed by atoms with Gasteiger partial charge in [-0.25, -0.2) is 0 Å². The molecule has 0 aliphatic rings. The Bertz CT molecular complexity index is 918. The Hall–Kier alpha value is -1.95. The van der Waals surface area contributed by atoms with Gasteiger partial charge >= 0.3 is 0 Å². The quantitative estimate of drug-likeness (QED) is 0.370. The molecule has 0 N–H and O–H groups in total. The van der Waals surface area contributed by atoms with Gasteiger partial charge in [-0.05, 0) is 49.7 Å². The molecule has 5 heteroatoms. The number of rotatable bonds is 8. The molecule has 146 valence electrons. The van der Waals surface area contributed by atoms with E-state index < -0.39 is 0 Å². The van der Waals surface area contributed by atoms with Gasteiger partial charge in [0, 0.05) is 35.1 Å². The predicted octanol–water partition coefficient (Wildman–Crippen LogP) is 6.32. The van der Waals surface area contributed by atoms with Gasteiger partial charge in [-0.2, -0.15) is 0 Å². The van der Waals surface area contributed by atoms with E-state index in [1.54, 1.807) is 18.4 Å². The van der Waals surface area contributed by atoms with Gasteiger partial charge in [0.1, 0.15) is 11.1 Å². The highest BCUT2D eigenvalue weighted by Gasteiger charge is 2.25. The van der Waals surface area contributed by atoms with Crippen LogP contribution >= 0.6 is 27.3 Å². The van der Waals surface area contributed by atoms with Crippen LogP contribution in [-0.4, -0.2) is 26.0 Å². The summed E-state index contributed by atoms with van der Waals surface area (Å²) >= 11 is 5.08. The van der Waals surface area contributed by atoms with Gasteiger partial charge in [0.15, 0.2) is 5.78 Å². The molecule has 3 rings (SSSR count). The summed E-state index contributed by atoms with van der Waals surface area (Å²) in [5.74, 6) is 0.0415. The second-order valence-electron chi connectivity index (χ2n) is 6.40. The van der Waals surface area contributed by atoms with Gasteiger partial charge in [0.25, 0.3) is 0 Å². The number of halogens is 1. The summed E-state index contributed by atoms with van der Waals surface area (Å²) in [6.45, 7) is 5.92. The van der Waals surface area contributed by atoms with Crippen LogP contribution in [-0.2, 0) is 4.74 Å². The summed E-state index contributed by atoms with van der Waals surface area (Å²) in [5, 5.41) is 1.01. The average Bonchev–Trinajstić information content (AvgIpc) is 3.15. The fourth-order valence-corrected chi connectivity index (χ4v) is 4.89. The van der Waals surface area contributed by atoms with E-state index in [0.717, 1.165) is 38.6 Å². The van der Waals surface area contributed by atoms with Gasteiger partial charge < -0.3 is 9.64 Å². The molecular formula is C23H24BrNO2S. The second kappa shape index (κ2) is 9.50. The maximum Gasteiger partial charge on any atom is 0.196 e. The molecule has 0 saturated carbocycles. The van der Waals surface area contributed by atoms with Crippen molar-refractivity contribution in [1.29, 1.82) is 0 Å². The number of hydrogen-bond donors (Lipinski definition) is 0. The number of methoxy groups -OCH3 is 1. The van der Waals surface area contributed by atoms with Crippen LogP contribution in [0.3, 0.4) is 0 Å². The third kappa shape index (κ3) is 4.37. The summed E-state index contributed by atoms with van der Waals surface area (Å²) in [7, 11) is 1.71. The molecule has 1 unspecified atom stereocenters. The van der Waals surface area contributed by atoms with Gasteiger partial charge in [-0.3, -0.25) is 4.79 Å². The molecule has 0 bridgehead atoms. The number of ketones is 1. The summed E-state index contributed by atoms with van der Waals surface area (Å²) in [6.07, 6.45) is -0.188. The minimum absolute atomic E-state index is 0.0415. The highest BCUT2D eigenvalue weighted by Crippen LogP contribution is 2.39. The number of thiophene rings is 1. The van der Waals surface area contributed by atoms with Crippen LogP contribution < -0.4 is 4.90 Å². The predicted molar refractivity (Wildman–Crippen MR) is 121 cm³/mol. The zero-order chi connectivity index (χ0) is 20.1. The molecule has 0 saturated heterocycles. The molecular weight excluding hydrogens is 434 g/mol. The van der Waals surface area contributed by atoms with Crippen LogP contribution in [0.5, 0.6) is 0 Å². The number of hydrogen-bond acceptors (Lipinski definition) is 4. The maximum atomic E-state index is 13.3. The molecule has 0 radical (unpaired) electrons. The third-order valence-corrected chi connectivity index (χ3v) is 6.50. The van der Waals surface area contributed by atoms with Crippen LogP contribution in [0, 0.1) is 0 Å². The van der Waals surface area contributed by atoms with Crippen molar-refractivity contribution < 1.29 is 9.53 Å². The Morgan fingerprint density at radius 1 is 1.07 bits per heavy atom. The van der Waals surface area contributed by atoms with Crippen molar-refractivity contribution in [3.05, 3.63) is 86.7 Å². The Balaban J connectivity index is 2.07. The number of carbonyl (C=O) groups excluding carboxylic acids is 1. The topological polar surface area (TPSA) is 29.5 Å². The van der Waals surface area contributed by atoms with Crippen LogP contribution in [0.25, 0.3) is 0 Å². The van der Waals surface area contributed by atoms with Crippen molar-refractivity contribution in [2.45, 2.75) is 20.0 Å². The fraction of sp³-hybridized carbons (Fsp3) is 0.261. The van der Waals surface area contributed by atoms with E-state index in [2.05, 4.69) is 46.8 Å². The summed E-state index contributed by atoms with van der Waals surface area (Å²) in [4.78, 5) is 16.6. The molecule has 0 aliphatic heterocycles. The van der Waals surface area contributed by atoms with E-state index in [4.69, 9.17) is 4.74 Å². The molecule has 0 spiro atoms. The first-order chi connectivity index (χ1) is 13.6. The summed E-state index contributed by atoms with van der Waals surface area (Å²) in [6, 6.07) is 19.7. The average molecular weight is 458 g/mol. The second-order valence-corrected chi connectivity index (χ2v) is 8.38. The third-order valence-electron chi connectivity index (χ3n) is 4.73. The van der Waals surface area contributed by atoms with Crippen molar-refractivity contribution in [3.63, 3.8) is 0 Å².